The molecule has 0 aliphatic carbocycles. The Morgan fingerprint density at radius 3 is 2.35 bits per heavy atom. The molecule has 0 fully saturated rings. The highest BCUT2D eigenvalue weighted by molar-refractivity contribution is 6.00. The molecule has 3 N–H and O–H groups in total. The van der Waals surface area contributed by atoms with E-state index >= 15 is 0 Å². The van der Waals surface area contributed by atoms with Crippen molar-refractivity contribution in [3.05, 3.63) is 96.2 Å². The normalized spacial score (nSPS) is 11.0. The van der Waals surface area contributed by atoms with E-state index in [4.69, 9.17) is 5.11 Å². The number of aromatic carboxylic acids is 1. The molecule has 7 heteroatoms. The van der Waals surface area contributed by atoms with Gasteiger partial charge in [-0.25, -0.2) is 4.79 Å². The highest BCUT2D eigenvalue weighted by Gasteiger charge is 2.10. The molecule has 1 amide bonds. The maximum atomic E-state index is 12.5. The van der Waals surface area contributed by atoms with Crippen molar-refractivity contribution >= 4 is 40.4 Å². The molecular formula is C24H20N4O3. The first-order chi connectivity index (χ1) is 15.1. The quantitative estimate of drug-likeness (QED) is 0.309. The van der Waals surface area contributed by atoms with E-state index < -0.39 is 5.97 Å². The number of benzene rings is 3. The van der Waals surface area contributed by atoms with Crippen LogP contribution in [0.3, 0.4) is 0 Å². The number of carbonyl (C=O) groups is 2. The largest absolute Gasteiger partial charge is 0.478 e. The number of aromatic nitrogens is 1. The van der Waals surface area contributed by atoms with Crippen LogP contribution in [0.4, 0.5) is 11.4 Å². The van der Waals surface area contributed by atoms with Crippen LogP contribution in [0.2, 0.25) is 0 Å². The molecule has 4 rings (SSSR count). The lowest BCUT2D eigenvalue weighted by Gasteiger charge is -2.07. The second-order valence-corrected chi connectivity index (χ2v) is 6.90. The molecule has 0 bridgehead atoms. The number of para-hydroxylation sites is 2. The molecule has 0 spiro atoms. The number of carbonyl (C=O) groups excluding carboxylic acids is 1. The Hall–Kier alpha value is -4.39. The highest BCUT2D eigenvalue weighted by Crippen LogP contribution is 2.20. The smallest absolute Gasteiger partial charge is 0.335 e. The monoisotopic (exact) mass is 412 g/mol. The molecule has 7 nitrogen and oxygen atoms in total. The molecule has 4 aromatic rings. The lowest BCUT2D eigenvalue weighted by atomic mass is 10.2. The molecule has 0 saturated heterocycles. The van der Waals surface area contributed by atoms with Crippen LogP contribution in [0.15, 0.2) is 90.2 Å². The number of amides is 1. The Bertz CT molecular complexity index is 1250. The molecule has 1 aromatic heterocycles. The Morgan fingerprint density at radius 1 is 0.903 bits per heavy atom. The molecule has 154 valence electrons. The first-order valence-electron chi connectivity index (χ1n) is 9.65. The van der Waals surface area contributed by atoms with Gasteiger partial charge in [0, 0.05) is 28.4 Å². The summed E-state index contributed by atoms with van der Waals surface area (Å²) >= 11 is 0. The van der Waals surface area contributed by atoms with E-state index in [0.717, 1.165) is 22.2 Å². The number of hydrogen-bond acceptors (Lipinski definition) is 4. The Balaban J connectivity index is 1.50. The number of rotatable bonds is 7. The van der Waals surface area contributed by atoms with Gasteiger partial charge in [-0.2, -0.15) is 5.10 Å². The van der Waals surface area contributed by atoms with Gasteiger partial charge in [-0.15, -0.1) is 0 Å². The number of anilines is 2. The van der Waals surface area contributed by atoms with Crippen molar-refractivity contribution in [2.45, 2.75) is 6.54 Å². The minimum absolute atomic E-state index is 0.118. The lowest BCUT2D eigenvalue weighted by molar-refractivity contribution is -0.116. The van der Waals surface area contributed by atoms with Crippen LogP contribution >= 0.6 is 0 Å². The van der Waals surface area contributed by atoms with Crippen molar-refractivity contribution in [1.82, 2.24) is 4.57 Å². The minimum atomic E-state index is -0.973. The number of nitrogens with one attached hydrogen (secondary N) is 2. The second-order valence-electron chi connectivity index (χ2n) is 6.90. The Morgan fingerprint density at radius 2 is 1.61 bits per heavy atom. The molecular weight excluding hydrogens is 392 g/mol. The summed E-state index contributed by atoms with van der Waals surface area (Å²) in [6, 6.07) is 23.5. The third-order valence-electron chi connectivity index (χ3n) is 4.72. The van der Waals surface area contributed by atoms with E-state index in [9.17, 15) is 9.59 Å². The number of fused-ring (bicyclic) bond motifs is 1. The Kier molecular flexibility index (Phi) is 5.75. The summed E-state index contributed by atoms with van der Waals surface area (Å²) in [4.78, 5) is 23.4. The summed E-state index contributed by atoms with van der Waals surface area (Å²) < 4.78 is 1.89. The number of nitrogens with zero attached hydrogens (tertiary/aromatic N) is 2. The van der Waals surface area contributed by atoms with Crippen LogP contribution in [-0.4, -0.2) is 27.8 Å². The number of hydrogen-bond donors (Lipinski definition) is 3. The first-order valence-corrected chi connectivity index (χ1v) is 9.65. The van der Waals surface area contributed by atoms with Crippen LogP contribution in [-0.2, 0) is 11.3 Å². The van der Waals surface area contributed by atoms with Crippen molar-refractivity contribution < 1.29 is 14.7 Å². The fraction of sp³-hybridized carbons (Fsp3) is 0.0417. The van der Waals surface area contributed by atoms with Crippen molar-refractivity contribution in [2.24, 2.45) is 5.10 Å². The SMILES string of the molecule is O=C(Cn1cc(/C=N\Nc2ccc(C(=O)O)cc2)c2ccccc21)Nc1ccccc1. The van der Waals surface area contributed by atoms with E-state index in [2.05, 4.69) is 15.8 Å². The third-order valence-corrected chi connectivity index (χ3v) is 4.72. The van der Waals surface area contributed by atoms with Gasteiger partial charge >= 0.3 is 5.97 Å². The molecule has 0 radical (unpaired) electrons. The van der Waals surface area contributed by atoms with Crippen molar-refractivity contribution in [3.8, 4) is 0 Å². The number of hydrazone groups is 1. The fourth-order valence-electron chi connectivity index (χ4n) is 3.25. The fourth-order valence-corrected chi connectivity index (χ4v) is 3.25. The summed E-state index contributed by atoms with van der Waals surface area (Å²) in [5.41, 5.74) is 6.32. The molecule has 0 aliphatic heterocycles. The van der Waals surface area contributed by atoms with Gasteiger partial charge < -0.3 is 15.0 Å². The van der Waals surface area contributed by atoms with Crippen LogP contribution in [0.1, 0.15) is 15.9 Å². The van der Waals surface area contributed by atoms with Gasteiger partial charge in [-0.05, 0) is 42.5 Å². The van der Waals surface area contributed by atoms with Crippen LogP contribution in [0.25, 0.3) is 10.9 Å². The summed E-state index contributed by atoms with van der Waals surface area (Å²) in [6.07, 6.45) is 3.56. The zero-order valence-electron chi connectivity index (χ0n) is 16.5. The maximum Gasteiger partial charge on any atom is 0.335 e. The van der Waals surface area contributed by atoms with E-state index in [-0.39, 0.29) is 18.0 Å². The molecule has 0 unspecified atom stereocenters. The zero-order chi connectivity index (χ0) is 21.6. The second kappa shape index (κ2) is 8.96. The van der Waals surface area contributed by atoms with Crippen LogP contribution in [0, 0.1) is 0 Å². The van der Waals surface area contributed by atoms with E-state index in [1.165, 1.54) is 12.1 Å². The molecule has 3 aromatic carbocycles. The van der Waals surface area contributed by atoms with E-state index in [1.54, 1.807) is 18.3 Å². The van der Waals surface area contributed by atoms with Gasteiger partial charge in [-0.3, -0.25) is 10.2 Å². The summed E-state index contributed by atoms with van der Waals surface area (Å²) in [5.74, 6) is -1.09. The Labute approximate surface area is 178 Å². The summed E-state index contributed by atoms with van der Waals surface area (Å²) in [7, 11) is 0. The van der Waals surface area contributed by atoms with Gasteiger partial charge in [0.15, 0.2) is 0 Å². The topological polar surface area (TPSA) is 95.7 Å². The summed E-state index contributed by atoms with van der Waals surface area (Å²) in [5, 5.41) is 17.1. The zero-order valence-corrected chi connectivity index (χ0v) is 16.5. The van der Waals surface area contributed by atoms with Gasteiger partial charge in [0.25, 0.3) is 0 Å². The molecule has 0 aliphatic rings. The van der Waals surface area contributed by atoms with Gasteiger partial charge in [-0.1, -0.05) is 36.4 Å². The third kappa shape index (κ3) is 4.79. The van der Waals surface area contributed by atoms with Crippen molar-refractivity contribution in [1.29, 1.82) is 0 Å². The van der Waals surface area contributed by atoms with Crippen LogP contribution < -0.4 is 10.7 Å². The summed E-state index contributed by atoms with van der Waals surface area (Å²) in [6.45, 7) is 0.174. The predicted molar refractivity (Wildman–Crippen MR) is 122 cm³/mol. The number of carboxylic acids is 1. The molecule has 0 atom stereocenters. The number of carboxylic acid groups (broad SMARTS) is 1. The van der Waals surface area contributed by atoms with Crippen LogP contribution in [0.5, 0.6) is 0 Å². The van der Waals surface area contributed by atoms with E-state index in [0.29, 0.717) is 5.69 Å². The predicted octanol–water partition coefficient (Wildman–Crippen LogP) is 4.42. The van der Waals surface area contributed by atoms with Crippen molar-refractivity contribution in [2.75, 3.05) is 10.7 Å². The minimum Gasteiger partial charge on any atom is -0.478 e. The van der Waals surface area contributed by atoms with Gasteiger partial charge in [0.2, 0.25) is 5.91 Å². The van der Waals surface area contributed by atoms with Gasteiger partial charge in [0.1, 0.15) is 6.54 Å². The van der Waals surface area contributed by atoms with Crippen molar-refractivity contribution in [3.63, 3.8) is 0 Å². The highest BCUT2D eigenvalue weighted by atomic mass is 16.4. The van der Waals surface area contributed by atoms with Gasteiger partial charge in [0.05, 0.1) is 17.5 Å². The average Bonchev–Trinajstić information content (AvgIpc) is 3.12. The first kappa shape index (κ1) is 19.9. The molecule has 0 saturated carbocycles. The average molecular weight is 412 g/mol. The molecule has 1 heterocycles. The molecule has 31 heavy (non-hydrogen) atoms. The maximum absolute atomic E-state index is 12.5. The lowest BCUT2D eigenvalue weighted by Crippen LogP contribution is -2.18. The van der Waals surface area contributed by atoms with E-state index in [1.807, 2.05) is 65.4 Å². The standard InChI is InChI=1S/C24H20N4O3/c29-23(26-19-6-2-1-3-7-19)16-28-15-18(21-8-4-5-9-22(21)28)14-25-27-20-12-10-17(11-13-20)24(30)31/h1-15,27H,16H2,(H,26,29)(H,30,31)/b25-14-.